The molecule has 2 aromatic carbocycles. The van der Waals surface area contributed by atoms with Crippen LogP contribution in [0.5, 0.6) is 0 Å². The van der Waals surface area contributed by atoms with Crippen molar-refractivity contribution in [3.05, 3.63) is 89.7 Å². The van der Waals surface area contributed by atoms with E-state index in [0.717, 1.165) is 28.1 Å². The maximum atomic E-state index is 6.31. The monoisotopic (exact) mass is 399 g/mol. The lowest BCUT2D eigenvalue weighted by molar-refractivity contribution is 0.590. The zero-order chi connectivity index (χ0) is 20.4. The predicted octanol–water partition coefficient (Wildman–Crippen LogP) is 6.82. The average molecular weight is 400 g/mol. The Morgan fingerprint density at radius 3 is 1.97 bits per heavy atom. The molecule has 0 aliphatic rings. The quantitative estimate of drug-likeness (QED) is 0.354. The Hall–Kier alpha value is -3.04. The number of hydrogen-bond acceptors (Lipinski definition) is 3. The van der Waals surface area contributed by atoms with Crippen molar-refractivity contribution in [3.8, 4) is 33.9 Å². The van der Waals surface area contributed by atoms with Crippen molar-refractivity contribution in [1.29, 1.82) is 0 Å². The number of nitrogens with zero attached hydrogens (tertiary/aromatic N) is 3. The van der Waals surface area contributed by atoms with E-state index in [0.29, 0.717) is 11.0 Å². The van der Waals surface area contributed by atoms with Crippen molar-refractivity contribution < 1.29 is 0 Å². The molecule has 4 aromatic rings. The van der Waals surface area contributed by atoms with Gasteiger partial charge in [-0.1, -0.05) is 87.0 Å². The molecule has 0 aliphatic heterocycles. The number of hydrogen-bond donors (Lipinski definition) is 0. The molecule has 0 amide bonds. The van der Waals surface area contributed by atoms with Crippen molar-refractivity contribution in [1.82, 2.24) is 15.0 Å². The normalized spacial score (nSPS) is 11.4. The van der Waals surface area contributed by atoms with Gasteiger partial charge in [-0.05, 0) is 23.1 Å². The van der Waals surface area contributed by atoms with Crippen LogP contribution in [0.25, 0.3) is 33.9 Å². The zero-order valence-electron chi connectivity index (χ0n) is 16.7. The molecule has 144 valence electrons. The lowest BCUT2D eigenvalue weighted by Gasteiger charge is -2.19. The van der Waals surface area contributed by atoms with Gasteiger partial charge in [-0.3, -0.25) is 4.98 Å². The van der Waals surface area contributed by atoms with Crippen molar-refractivity contribution in [2.24, 2.45) is 0 Å². The summed E-state index contributed by atoms with van der Waals surface area (Å²) in [7, 11) is 0. The first-order valence-corrected chi connectivity index (χ1v) is 9.95. The predicted molar refractivity (Wildman–Crippen MR) is 120 cm³/mol. The molecule has 3 nitrogen and oxygen atoms in total. The standard InChI is InChI=1S/C25H22ClN3/c1-25(2,3)20-12-9-18(10-13-20)22-15-23(26)29-24(28-22)19-11-14-21(27-16-19)17-7-5-4-6-8-17/h4-16H,1-3H3. The highest BCUT2D eigenvalue weighted by molar-refractivity contribution is 6.29. The van der Waals surface area contributed by atoms with Crippen molar-refractivity contribution in [2.45, 2.75) is 26.2 Å². The smallest absolute Gasteiger partial charge is 0.163 e. The molecule has 0 radical (unpaired) electrons. The summed E-state index contributed by atoms with van der Waals surface area (Å²) in [5.74, 6) is 0.569. The van der Waals surface area contributed by atoms with Gasteiger partial charge in [0.05, 0.1) is 11.4 Å². The van der Waals surface area contributed by atoms with Crippen LogP contribution >= 0.6 is 11.6 Å². The second-order valence-corrected chi connectivity index (χ2v) is 8.41. The van der Waals surface area contributed by atoms with Crippen LogP contribution in [-0.2, 0) is 5.41 Å². The third-order valence-electron chi connectivity index (χ3n) is 4.83. The van der Waals surface area contributed by atoms with Gasteiger partial charge in [-0.15, -0.1) is 0 Å². The zero-order valence-corrected chi connectivity index (χ0v) is 17.5. The van der Waals surface area contributed by atoms with E-state index in [-0.39, 0.29) is 5.41 Å². The maximum Gasteiger partial charge on any atom is 0.163 e. The summed E-state index contributed by atoms with van der Waals surface area (Å²) in [6.45, 7) is 6.61. The number of benzene rings is 2. The minimum Gasteiger partial charge on any atom is -0.255 e. The van der Waals surface area contributed by atoms with E-state index in [9.17, 15) is 0 Å². The Morgan fingerprint density at radius 1 is 0.690 bits per heavy atom. The highest BCUT2D eigenvalue weighted by atomic mass is 35.5. The summed E-state index contributed by atoms with van der Waals surface area (Å²) >= 11 is 6.31. The first-order chi connectivity index (χ1) is 13.9. The van der Waals surface area contributed by atoms with Crippen LogP contribution in [0.2, 0.25) is 5.15 Å². The van der Waals surface area contributed by atoms with Gasteiger partial charge in [0, 0.05) is 29.0 Å². The Labute approximate surface area is 176 Å². The Bertz CT molecular complexity index is 1110. The van der Waals surface area contributed by atoms with Gasteiger partial charge < -0.3 is 0 Å². The van der Waals surface area contributed by atoms with Gasteiger partial charge in [-0.2, -0.15) is 0 Å². The summed E-state index contributed by atoms with van der Waals surface area (Å²) in [5.41, 5.74) is 6.02. The molecule has 4 heteroatoms. The number of pyridine rings is 1. The second-order valence-electron chi connectivity index (χ2n) is 8.03. The molecule has 0 atom stereocenters. The fourth-order valence-corrected chi connectivity index (χ4v) is 3.32. The minimum atomic E-state index is 0.110. The Morgan fingerprint density at radius 2 is 1.34 bits per heavy atom. The van der Waals surface area contributed by atoms with Gasteiger partial charge in [-0.25, -0.2) is 9.97 Å². The molecule has 0 bridgehead atoms. The number of rotatable bonds is 3. The fraction of sp³-hybridized carbons (Fsp3) is 0.160. The maximum absolute atomic E-state index is 6.31. The molecule has 0 fully saturated rings. The van der Waals surface area contributed by atoms with Crippen LogP contribution in [0.1, 0.15) is 26.3 Å². The van der Waals surface area contributed by atoms with Crippen molar-refractivity contribution >= 4 is 11.6 Å². The molecule has 2 heterocycles. The van der Waals surface area contributed by atoms with Gasteiger partial charge >= 0.3 is 0 Å². The molecule has 0 unspecified atom stereocenters. The van der Waals surface area contributed by atoms with E-state index in [4.69, 9.17) is 16.6 Å². The fourth-order valence-electron chi connectivity index (χ4n) is 3.14. The molecular weight excluding hydrogens is 378 g/mol. The molecule has 0 spiro atoms. The second kappa shape index (κ2) is 7.76. The third-order valence-corrected chi connectivity index (χ3v) is 5.03. The molecule has 0 saturated heterocycles. The van der Waals surface area contributed by atoms with Gasteiger partial charge in [0.1, 0.15) is 5.15 Å². The van der Waals surface area contributed by atoms with Crippen molar-refractivity contribution in [2.75, 3.05) is 0 Å². The van der Waals surface area contributed by atoms with Crippen LogP contribution in [0.3, 0.4) is 0 Å². The van der Waals surface area contributed by atoms with Crippen LogP contribution in [0.4, 0.5) is 0 Å². The highest BCUT2D eigenvalue weighted by Crippen LogP contribution is 2.28. The largest absolute Gasteiger partial charge is 0.255 e. The lowest BCUT2D eigenvalue weighted by atomic mass is 9.86. The lowest BCUT2D eigenvalue weighted by Crippen LogP contribution is -2.10. The van der Waals surface area contributed by atoms with Crippen LogP contribution in [0.15, 0.2) is 79.0 Å². The number of aromatic nitrogens is 3. The minimum absolute atomic E-state index is 0.110. The van der Waals surface area contributed by atoms with Gasteiger partial charge in [0.15, 0.2) is 5.82 Å². The molecule has 0 N–H and O–H groups in total. The van der Waals surface area contributed by atoms with E-state index >= 15 is 0 Å². The molecule has 2 aromatic heterocycles. The summed E-state index contributed by atoms with van der Waals surface area (Å²) < 4.78 is 0. The van der Waals surface area contributed by atoms with Gasteiger partial charge in [0.25, 0.3) is 0 Å². The van der Waals surface area contributed by atoms with Crippen LogP contribution in [-0.4, -0.2) is 15.0 Å². The number of halogens is 1. The van der Waals surface area contributed by atoms with E-state index in [1.165, 1.54) is 5.56 Å². The summed E-state index contributed by atoms with van der Waals surface area (Å²) in [6, 6.07) is 24.3. The molecular formula is C25H22ClN3. The highest BCUT2D eigenvalue weighted by Gasteiger charge is 2.14. The molecule has 0 aliphatic carbocycles. The van der Waals surface area contributed by atoms with Crippen molar-refractivity contribution in [3.63, 3.8) is 0 Å². The SMILES string of the molecule is CC(C)(C)c1ccc(-c2cc(Cl)nc(-c3ccc(-c4ccccc4)nc3)n2)cc1. The van der Waals surface area contributed by atoms with E-state index in [1.54, 1.807) is 12.3 Å². The van der Waals surface area contributed by atoms with E-state index < -0.39 is 0 Å². The van der Waals surface area contributed by atoms with Crippen LogP contribution < -0.4 is 0 Å². The summed E-state index contributed by atoms with van der Waals surface area (Å²) in [5, 5.41) is 0.414. The van der Waals surface area contributed by atoms with Gasteiger partial charge in [0.2, 0.25) is 0 Å². The first kappa shape index (κ1) is 19.3. The Balaban J connectivity index is 1.67. The topological polar surface area (TPSA) is 38.7 Å². The molecule has 4 rings (SSSR count). The molecule has 29 heavy (non-hydrogen) atoms. The Kier molecular flexibility index (Phi) is 5.16. The average Bonchev–Trinajstić information content (AvgIpc) is 2.73. The van der Waals surface area contributed by atoms with E-state index in [1.807, 2.05) is 42.5 Å². The molecule has 0 saturated carbocycles. The van der Waals surface area contributed by atoms with E-state index in [2.05, 4.69) is 55.0 Å². The first-order valence-electron chi connectivity index (χ1n) is 9.57. The summed E-state index contributed by atoms with van der Waals surface area (Å²) in [4.78, 5) is 13.7. The summed E-state index contributed by atoms with van der Waals surface area (Å²) in [6.07, 6.45) is 1.79. The van der Waals surface area contributed by atoms with Crippen LogP contribution in [0, 0.1) is 0 Å². The third kappa shape index (κ3) is 4.36.